The van der Waals surface area contributed by atoms with E-state index in [9.17, 15) is 0 Å². The van der Waals surface area contributed by atoms with Gasteiger partial charge in [0.25, 0.3) is 0 Å². The zero-order chi connectivity index (χ0) is 36.1. The maximum absolute atomic E-state index is 2.53. The van der Waals surface area contributed by atoms with E-state index in [1.165, 1.54) is 104 Å². The molecule has 1 nitrogen and oxygen atoms in total. The number of hydrogen-bond acceptors (Lipinski definition) is 1. The number of nitrogens with zero attached hydrogens (tertiary/aromatic N) is 1. The zero-order valence-electron chi connectivity index (χ0n) is 30.7. The summed E-state index contributed by atoms with van der Waals surface area (Å²) in [6.45, 7) is 7.19. The molecule has 1 unspecified atom stereocenters. The highest BCUT2D eigenvalue weighted by Gasteiger charge is 2.37. The number of fused-ring (bicyclic) bond motifs is 10. The maximum atomic E-state index is 2.53. The van der Waals surface area contributed by atoms with Gasteiger partial charge in [-0.15, -0.1) is 11.3 Å². The van der Waals surface area contributed by atoms with Crippen LogP contribution in [0.15, 0.2) is 158 Å². The van der Waals surface area contributed by atoms with E-state index in [4.69, 9.17) is 0 Å². The summed E-state index contributed by atoms with van der Waals surface area (Å²) in [5, 5.41) is 4.09. The summed E-state index contributed by atoms with van der Waals surface area (Å²) in [6.07, 6.45) is 3.47. The molecule has 0 amide bonds. The predicted octanol–water partition coefficient (Wildman–Crippen LogP) is 14.7. The van der Waals surface area contributed by atoms with Crippen molar-refractivity contribution in [1.82, 2.24) is 4.57 Å². The highest BCUT2D eigenvalue weighted by Crippen LogP contribution is 2.54. The van der Waals surface area contributed by atoms with Gasteiger partial charge in [0.15, 0.2) is 0 Å². The smallest absolute Gasteiger partial charge is 0.0538 e. The molecular weight excluding hydrogens is 671 g/mol. The van der Waals surface area contributed by atoms with Crippen molar-refractivity contribution in [3.05, 3.63) is 186 Å². The fraction of sp³-hybridized carbons (Fsp3) is 0.115. The molecule has 7 aromatic carbocycles. The Kier molecular flexibility index (Phi) is 6.88. The lowest BCUT2D eigenvalue weighted by molar-refractivity contribution is 0.661. The molecular formula is C52H39NS. The Balaban J connectivity index is 1.03. The van der Waals surface area contributed by atoms with Gasteiger partial charge in [0.1, 0.15) is 0 Å². The molecule has 54 heavy (non-hydrogen) atoms. The Hall–Kier alpha value is -5.96. The van der Waals surface area contributed by atoms with E-state index in [1.807, 2.05) is 11.3 Å². The van der Waals surface area contributed by atoms with Crippen molar-refractivity contribution in [3.8, 4) is 39.1 Å². The van der Waals surface area contributed by atoms with Crippen molar-refractivity contribution in [3.63, 3.8) is 0 Å². The minimum absolute atomic E-state index is 0.0815. The van der Waals surface area contributed by atoms with Gasteiger partial charge in [-0.1, -0.05) is 136 Å². The summed E-state index contributed by atoms with van der Waals surface area (Å²) in [5.74, 6) is 0.361. The standard InChI is InChI=1S/C52H39NS/c1-32-28-38(34-14-8-5-9-15-34)30-43-42-29-36(33-12-6-4-7-13-33)21-26-46(42)53(51(32)43)39-22-18-35(19-23-39)37-20-24-40-45(31-37)52(2,3)44-25-27-48-50(49(40)44)41-16-10-11-17-47(41)54-48/h4-27,29-32H,28H2,1-3H3. The molecule has 0 bridgehead atoms. The lowest BCUT2D eigenvalue weighted by atomic mass is 9.81. The van der Waals surface area contributed by atoms with Crippen molar-refractivity contribution in [2.75, 3.05) is 0 Å². The molecule has 11 rings (SSSR count). The van der Waals surface area contributed by atoms with Crippen LogP contribution in [0.3, 0.4) is 0 Å². The van der Waals surface area contributed by atoms with Crippen molar-refractivity contribution in [1.29, 1.82) is 0 Å². The van der Waals surface area contributed by atoms with Gasteiger partial charge >= 0.3 is 0 Å². The Morgan fingerprint density at radius 1 is 0.574 bits per heavy atom. The number of aromatic nitrogens is 1. The number of benzene rings is 7. The first-order valence-corrected chi connectivity index (χ1v) is 20.0. The summed E-state index contributed by atoms with van der Waals surface area (Å²) in [5.41, 5.74) is 18.5. The average Bonchev–Trinajstić information content (AvgIpc) is 3.84. The van der Waals surface area contributed by atoms with Crippen LogP contribution < -0.4 is 0 Å². The number of hydrogen-bond donors (Lipinski definition) is 0. The Morgan fingerprint density at radius 3 is 2.04 bits per heavy atom. The van der Waals surface area contributed by atoms with Gasteiger partial charge in [0, 0.05) is 53.8 Å². The van der Waals surface area contributed by atoms with Gasteiger partial charge < -0.3 is 4.57 Å². The van der Waals surface area contributed by atoms with Crippen LogP contribution in [0.5, 0.6) is 0 Å². The van der Waals surface area contributed by atoms with Crippen LogP contribution in [0.1, 0.15) is 61.1 Å². The van der Waals surface area contributed by atoms with Crippen LogP contribution >= 0.6 is 11.3 Å². The molecule has 0 saturated heterocycles. The Bertz CT molecular complexity index is 2970. The monoisotopic (exact) mass is 709 g/mol. The third-order valence-corrected chi connectivity index (χ3v) is 13.4. The molecule has 2 aliphatic carbocycles. The van der Waals surface area contributed by atoms with Gasteiger partial charge in [0.2, 0.25) is 0 Å². The first-order valence-electron chi connectivity index (χ1n) is 19.1. The topological polar surface area (TPSA) is 4.93 Å². The molecule has 2 heteroatoms. The maximum Gasteiger partial charge on any atom is 0.0538 e. The van der Waals surface area contributed by atoms with Crippen molar-refractivity contribution in [2.24, 2.45) is 0 Å². The first-order chi connectivity index (χ1) is 26.4. The molecule has 2 aromatic heterocycles. The first kappa shape index (κ1) is 31.6. The van der Waals surface area contributed by atoms with Crippen LogP contribution in [-0.2, 0) is 5.41 Å². The fourth-order valence-electron chi connectivity index (χ4n) is 9.60. The molecule has 2 heterocycles. The summed E-state index contributed by atoms with van der Waals surface area (Å²) in [7, 11) is 0. The molecule has 1 atom stereocenters. The molecule has 0 N–H and O–H groups in total. The highest BCUT2D eigenvalue weighted by molar-refractivity contribution is 7.26. The van der Waals surface area contributed by atoms with E-state index >= 15 is 0 Å². The van der Waals surface area contributed by atoms with Crippen molar-refractivity contribution >= 4 is 54.1 Å². The number of rotatable bonds is 4. The number of thiophene rings is 1. The average molecular weight is 710 g/mol. The van der Waals surface area contributed by atoms with E-state index in [0.717, 1.165) is 6.42 Å². The summed E-state index contributed by atoms with van der Waals surface area (Å²) in [6, 6.07) is 58.8. The van der Waals surface area contributed by atoms with E-state index < -0.39 is 0 Å². The van der Waals surface area contributed by atoms with Gasteiger partial charge in [-0.3, -0.25) is 0 Å². The molecule has 0 radical (unpaired) electrons. The minimum atomic E-state index is -0.0815. The second-order valence-electron chi connectivity index (χ2n) is 15.8. The summed E-state index contributed by atoms with van der Waals surface area (Å²) >= 11 is 1.91. The fourth-order valence-corrected chi connectivity index (χ4v) is 10.7. The molecule has 0 saturated carbocycles. The van der Waals surface area contributed by atoms with Crippen LogP contribution in [0, 0.1) is 0 Å². The second kappa shape index (κ2) is 11.8. The van der Waals surface area contributed by atoms with Crippen molar-refractivity contribution in [2.45, 2.75) is 38.5 Å². The molecule has 2 aliphatic rings. The molecule has 0 fully saturated rings. The van der Waals surface area contributed by atoms with Gasteiger partial charge in [-0.2, -0.15) is 0 Å². The Morgan fingerprint density at radius 2 is 1.24 bits per heavy atom. The third kappa shape index (κ3) is 4.63. The molecule has 0 spiro atoms. The molecule has 0 aliphatic heterocycles. The lowest BCUT2D eigenvalue weighted by Gasteiger charge is -2.24. The van der Waals surface area contributed by atoms with E-state index in [0.29, 0.717) is 5.92 Å². The largest absolute Gasteiger partial charge is 0.313 e. The van der Waals surface area contributed by atoms with Gasteiger partial charge in [-0.05, 0) is 111 Å². The van der Waals surface area contributed by atoms with Gasteiger partial charge in [-0.25, -0.2) is 0 Å². The quantitative estimate of drug-likeness (QED) is 0.171. The summed E-state index contributed by atoms with van der Waals surface area (Å²) < 4.78 is 5.26. The van der Waals surface area contributed by atoms with E-state index in [2.05, 4.69) is 189 Å². The van der Waals surface area contributed by atoms with E-state index in [1.54, 1.807) is 0 Å². The summed E-state index contributed by atoms with van der Waals surface area (Å²) in [4.78, 5) is 0. The zero-order valence-corrected chi connectivity index (χ0v) is 31.5. The lowest BCUT2D eigenvalue weighted by Crippen LogP contribution is -2.14. The highest BCUT2D eigenvalue weighted by atomic mass is 32.1. The SMILES string of the molecule is CC1CC(c2ccccc2)=Cc2c1n(-c1ccc(-c3ccc4c(c3)C(C)(C)c3ccc5sc6ccccc6c5c3-4)cc1)c1ccc(-c3ccccc3)cc21. The Labute approximate surface area is 320 Å². The minimum Gasteiger partial charge on any atom is -0.313 e. The van der Waals surface area contributed by atoms with Crippen molar-refractivity contribution < 1.29 is 0 Å². The predicted molar refractivity (Wildman–Crippen MR) is 232 cm³/mol. The van der Waals surface area contributed by atoms with Crippen LogP contribution in [0.4, 0.5) is 0 Å². The molecule has 258 valence electrons. The molecule has 9 aromatic rings. The van der Waals surface area contributed by atoms with Crippen LogP contribution in [-0.4, -0.2) is 4.57 Å². The second-order valence-corrected chi connectivity index (χ2v) is 16.8. The third-order valence-electron chi connectivity index (χ3n) is 12.2. The van der Waals surface area contributed by atoms with E-state index in [-0.39, 0.29) is 5.41 Å². The van der Waals surface area contributed by atoms with Crippen LogP contribution in [0.2, 0.25) is 0 Å². The normalized spacial score (nSPS) is 15.7. The van der Waals surface area contributed by atoms with Crippen LogP contribution in [0.25, 0.3) is 81.8 Å². The number of allylic oxidation sites excluding steroid dienone is 1. The van der Waals surface area contributed by atoms with Gasteiger partial charge in [0.05, 0.1) is 5.52 Å².